The fourth-order valence-corrected chi connectivity index (χ4v) is 3.03. The van der Waals surface area contributed by atoms with Gasteiger partial charge in [0.1, 0.15) is 11.6 Å². The molecule has 0 spiro atoms. The number of hydrogen-bond donors (Lipinski definition) is 1. The Labute approximate surface area is 118 Å². The molecule has 0 amide bonds. The smallest absolute Gasteiger partial charge is 0.147 e. The van der Waals surface area contributed by atoms with Gasteiger partial charge in [-0.25, -0.2) is 8.78 Å². The third-order valence-electron chi connectivity index (χ3n) is 2.14. The normalized spacial score (nSPS) is 10.6. The van der Waals surface area contributed by atoms with Gasteiger partial charge < -0.3 is 5.32 Å². The van der Waals surface area contributed by atoms with Crippen LogP contribution in [0.25, 0.3) is 0 Å². The Morgan fingerprint density at radius 3 is 2.53 bits per heavy atom. The maximum Gasteiger partial charge on any atom is 0.147 e. The highest BCUT2D eigenvalue weighted by atomic mass is 79.9. The molecule has 0 aliphatic rings. The van der Waals surface area contributed by atoms with Crippen LogP contribution in [-0.4, -0.2) is 0 Å². The molecule has 0 saturated carbocycles. The molecule has 1 aromatic carbocycles. The van der Waals surface area contributed by atoms with Crippen LogP contribution in [0.1, 0.15) is 4.88 Å². The number of thiophene rings is 1. The second-order valence-corrected chi connectivity index (χ2v) is 6.00. The molecule has 0 radical (unpaired) electrons. The highest BCUT2D eigenvalue weighted by Gasteiger charge is 2.09. The first-order chi connectivity index (χ1) is 8.08. The lowest BCUT2D eigenvalue weighted by Gasteiger charge is -2.07. The number of rotatable bonds is 3. The van der Waals surface area contributed by atoms with Gasteiger partial charge in [-0.15, -0.1) is 11.3 Å². The van der Waals surface area contributed by atoms with E-state index in [1.54, 1.807) is 11.3 Å². The zero-order valence-corrected chi connectivity index (χ0v) is 12.4. The van der Waals surface area contributed by atoms with E-state index in [0.29, 0.717) is 6.54 Å². The minimum Gasteiger partial charge on any atom is -0.378 e. The predicted molar refractivity (Wildman–Crippen MR) is 73.4 cm³/mol. The molecule has 0 saturated heterocycles. The Balaban J connectivity index is 2.14. The van der Waals surface area contributed by atoms with Crippen LogP contribution in [0.15, 0.2) is 32.5 Å². The largest absolute Gasteiger partial charge is 0.378 e. The lowest BCUT2D eigenvalue weighted by molar-refractivity contribution is 0.596. The summed E-state index contributed by atoms with van der Waals surface area (Å²) in [5.41, 5.74) is 0.158. The van der Waals surface area contributed by atoms with Crippen molar-refractivity contribution in [3.8, 4) is 0 Å². The van der Waals surface area contributed by atoms with Crippen molar-refractivity contribution in [3.05, 3.63) is 49.0 Å². The maximum atomic E-state index is 13.5. The lowest BCUT2D eigenvalue weighted by Crippen LogP contribution is -2.01. The molecule has 0 aliphatic heterocycles. The Morgan fingerprint density at radius 2 is 1.88 bits per heavy atom. The van der Waals surface area contributed by atoms with Gasteiger partial charge in [-0.1, -0.05) is 0 Å². The van der Waals surface area contributed by atoms with Crippen LogP contribution in [0.4, 0.5) is 14.5 Å². The standard InChI is InChI=1S/C11H7Br2F2NS/c12-6-1-2-17-11(6)5-16-10-4-8(14)7(13)3-9(10)15/h1-4,16H,5H2. The van der Waals surface area contributed by atoms with Crippen molar-refractivity contribution in [2.45, 2.75) is 6.54 Å². The van der Waals surface area contributed by atoms with Gasteiger partial charge in [-0.3, -0.25) is 0 Å². The van der Waals surface area contributed by atoms with E-state index < -0.39 is 11.6 Å². The number of benzene rings is 1. The van der Waals surface area contributed by atoms with E-state index in [9.17, 15) is 8.78 Å². The summed E-state index contributed by atoms with van der Waals surface area (Å²) in [7, 11) is 0. The summed E-state index contributed by atoms with van der Waals surface area (Å²) >= 11 is 7.86. The third kappa shape index (κ3) is 3.05. The average molecular weight is 383 g/mol. The summed E-state index contributed by atoms with van der Waals surface area (Å²) in [5, 5.41) is 4.80. The third-order valence-corrected chi connectivity index (χ3v) is 4.67. The van der Waals surface area contributed by atoms with Gasteiger partial charge in [0.15, 0.2) is 0 Å². The summed E-state index contributed by atoms with van der Waals surface area (Å²) in [6.45, 7) is 0.455. The summed E-state index contributed by atoms with van der Waals surface area (Å²) in [4.78, 5) is 1.03. The van der Waals surface area contributed by atoms with Crippen molar-refractivity contribution in [1.82, 2.24) is 0 Å². The van der Waals surface area contributed by atoms with Gasteiger partial charge in [0.05, 0.1) is 16.7 Å². The SMILES string of the molecule is Fc1cc(NCc2sccc2Br)c(F)cc1Br. The molecule has 1 nitrogen and oxygen atoms in total. The summed E-state index contributed by atoms with van der Waals surface area (Å²) < 4.78 is 27.8. The first kappa shape index (κ1) is 13.0. The van der Waals surface area contributed by atoms with E-state index in [1.807, 2.05) is 11.4 Å². The molecule has 1 N–H and O–H groups in total. The van der Waals surface area contributed by atoms with Crippen LogP contribution < -0.4 is 5.32 Å². The fraction of sp³-hybridized carbons (Fsp3) is 0.0909. The minimum absolute atomic E-state index is 0.123. The predicted octanol–water partition coefficient (Wildman–Crippen LogP) is 5.16. The Bertz CT molecular complexity index is 542. The Hall–Kier alpha value is -0.460. The molecule has 6 heteroatoms. The molecule has 2 aromatic rings. The molecule has 0 fully saturated rings. The second kappa shape index (κ2) is 5.46. The zero-order valence-electron chi connectivity index (χ0n) is 8.44. The van der Waals surface area contributed by atoms with Crippen molar-refractivity contribution >= 4 is 48.9 Å². The van der Waals surface area contributed by atoms with E-state index in [-0.39, 0.29) is 10.2 Å². The molecule has 90 valence electrons. The van der Waals surface area contributed by atoms with Crippen molar-refractivity contribution in [2.75, 3.05) is 5.32 Å². The second-order valence-electron chi connectivity index (χ2n) is 3.29. The van der Waals surface area contributed by atoms with Crippen molar-refractivity contribution in [3.63, 3.8) is 0 Å². The number of nitrogens with one attached hydrogen (secondary N) is 1. The van der Waals surface area contributed by atoms with Gasteiger partial charge in [-0.2, -0.15) is 0 Å². The molecule has 2 rings (SSSR count). The quantitative estimate of drug-likeness (QED) is 0.722. The molecule has 1 heterocycles. The van der Waals surface area contributed by atoms with Gasteiger partial charge in [0.2, 0.25) is 0 Å². The zero-order chi connectivity index (χ0) is 12.4. The molecule has 0 unspecified atom stereocenters. The van der Waals surface area contributed by atoms with E-state index in [4.69, 9.17) is 0 Å². The molecule has 0 bridgehead atoms. The highest BCUT2D eigenvalue weighted by molar-refractivity contribution is 9.10. The van der Waals surface area contributed by atoms with Crippen LogP contribution >= 0.6 is 43.2 Å². The fourth-order valence-electron chi connectivity index (χ4n) is 1.28. The van der Waals surface area contributed by atoms with Gasteiger partial charge in [-0.05, 0) is 49.4 Å². The van der Waals surface area contributed by atoms with E-state index in [1.165, 1.54) is 0 Å². The lowest BCUT2D eigenvalue weighted by atomic mass is 10.3. The van der Waals surface area contributed by atoms with E-state index >= 15 is 0 Å². The molecule has 1 aromatic heterocycles. The van der Waals surface area contributed by atoms with Crippen molar-refractivity contribution in [2.24, 2.45) is 0 Å². The first-order valence-electron chi connectivity index (χ1n) is 4.68. The maximum absolute atomic E-state index is 13.5. The number of anilines is 1. The van der Waals surface area contributed by atoms with E-state index in [2.05, 4.69) is 37.2 Å². The van der Waals surface area contributed by atoms with Crippen LogP contribution in [-0.2, 0) is 6.54 Å². The summed E-state index contributed by atoms with van der Waals surface area (Å²) in [5.74, 6) is -0.968. The summed E-state index contributed by atoms with van der Waals surface area (Å²) in [6, 6.07) is 4.17. The highest BCUT2D eigenvalue weighted by Crippen LogP contribution is 2.26. The van der Waals surface area contributed by atoms with Gasteiger partial charge in [0.25, 0.3) is 0 Å². The van der Waals surface area contributed by atoms with Crippen molar-refractivity contribution < 1.29 is 8.78 Å². The van der Waals surface area contributed by atoms with Crippen molar-refractivity contribution in [1.29, 1.82) is 0 Å². The van der Waals surface area contributed by atoms with Crippen LogP contribution in [0.2, 0.25) is 0 Å². The Morgan fingerprint density at radius 1 is 1.12 bits per heavy atom. The average Bonchev–Trinajstić information content (AvgIpc) is 2.68. The molecule has 0 atom stereocenters. The van der Waals surface area contributed by atoms with Crippen LogP contribution in [0.3, 0.4) is 0 Å². The van der Waals surface area contributed by atoms with E-state index in [0.717, 1.165) is 21.5 Å². The first-order valence-corrected chi connectivity index (χ1v) is 7.15. The number of hydrogen-bond acceptors (Lipinski definition) is 2. The van der Waals surface area contributed by atoms with Crippen LogP contribution in [0.5, 0.6) is 0 Å². The summed E-state index contributed by atoms with van der Waals surface area (Å²) in [6.07, 6.45) is 0. The minimum atomic E-state index is -0.487. The molecular formula is C11H7Br2F2NS. The monoisotopic (exact) mass is 381 g/mol. The Kier molecular flexibility index (Phi) is 4.17. The molecule has 0 aliphatic carbocycles. The van der Waals surface area contributed by atoms with Gasteiger partial charge in [0, 0.05) is 15.4 Å². The number of halogens is 4. The topological polar surface area (TPSA) is 12.0 Å². The van der Waals surface area contributed by atoms with Crippen LogP contribution in [0, 0.1) is 11.6 Å². The van der Waals surface area contributed by atoms with Gasteiger partial charge >= 0.3 is 0 Å². The molecular weight excluding hydrogens is 376 g/mol. The molecule has 17 heavy (non-hydrogen) atoms.